The molecule has 0 aliphatic heterocycles. The lowest BCUT2D eigenvalue weighted by molar-refractivity contribution is -0.0946. The summed E-state index contributed by atoms with van der Waals surface area (Å²) in [7, 11) is 0. The summed E-state index contributed by atoms with van der Waals surface area (Å²) in [6.07, 6.45) is -0.662. The zero-order valence-electron chi connectivity index (χ0n) is 10.4. The highest BCUT2D eigenvalue weighted by Gasteiger charge is 2.08. The molecule has 0 spiro atoms. The van der Waals surface area contributed by atoms with Crippen LogP contribution in [0.3, 0.4) is 0 Å². The molecule has 16 heavy (non-hydrogen) atoms. The predicted octanol–water partition coefficient (Wildman–Crippen LogP) is 1.48. The van der Waals surface area contributed by atoms with Crippen LogP contribution in [0.4, 0.5) is 4.39 Å². The van der Waals surface area contributed by atoms with E-state index in [9.17, 15) is 4.39 Å². The molecule has 2 N–H and O–H groups in total. The number of hydrogen-bond donors (Lipinski definition) is 1. The van der Waals surface area contributed by atoms with Crippen molar-refractivity contribution in [3.05, 3.63) is 0 Å². The van der Waals surface area contributed by atoms with Crippen molar-refractivity contribution < 1.29 is 18.6 Å². The standard InChI is InChI=1S/C11H24FNO3/c1-4-14-8-11(12)15-6-5-10(3)16-7-9(2)13/h9-11H,4-8,13H2,1-3H3. The van der Waals surface area contributed by atoms with Gasteiger partial charge in [0.25, 0.3) is 0 Å². The first-order valence-corrected chi connectivity index (χ1v) is 5.76. The zero-order valence-corrected chi connectivity index (χ0v) is 10.4. The Morgan fingerprint density at radius 2 is 1.88 bits per heavy atom. The third kappa shape index (κ3) is 10.3. The summed E-state index contributed by atoms with van der Waals surface area (Å²) in [6.45, 7) is 6.94. The molecule has 0 amide bonds. The van der Waals surface area contributed by atoms with Gasteiger partial charge in [0, 0.05) is 12.6 Å². The lowest BCUT2D eigenvalue weighted by Crippen LogP contribution is -2.26. The van der Waals surface area contributed by atoms with Crippen LogP contribution < -0.4 is 5.73 Å². The maximum atomic E-state index is 12.9. The highest BCUT2D eigenvalue weighted by molar-refractivity contribution is 4.54. The molecule has 0 aliphatic rings. The Bertz CT molecular complexity index is 158. The first kappa shape index (κ1) is 15.8. The summed E-state index contributed by atoms with van der Waals surface area (Å²) in [6, 6.07) is 0.0234. The van der Waals surface area contributed by atoms with Crippen molar-refractivity contribution in [1.82, 2.24) is 0 Å². The van der Waals surface area contributed by atoms with Gasteiger partial charge in [0.05, 0.1) is 19.3 Å². The fourth-order valence-electron chi connectivity index (χ4n) is 1.02. The molecule has 0 aliphatic carbocycles. The second kappa shape index (κ2) is 9.96. The van der Waals surface area contributed by atoms with E-state index in [0.717, 1.165) is 0 Å². The van der Waals surface area contributed by atoms with Gasteiger partial charge in [-0.25, -0.2) is 4.39 Å². The van der Waals surface area contributed by atoms with Gasteiger partial charge in [0.1, 0.15) is 6.61 Å². The molecule has 0 radical (unpaired) electrons. The minimum Gasteiger partial charge on any atom is -0.377 e. The molecule has 98 valence electrons. The molecule has 0 aromatic rings. The number of rotatable bonds is 10. The molecule has 0 heterocycles. The van der Waals surface area contributed by atoms with Gasteiger partial charge in [-0.2, -0.15) is 0 Å². The number of alkyl halides is 1. The Kier molecular flexibility index (Phi) is 9.82. The maximum Gasteiger partial charge on any atom is 0.222 e. The van der Waals surface area contributed by atoms with Crippen LogP contribution in [0.5, 0.6) is 0 Å². The Balaban J connectivity index is 3.35. The molecule has 0 aromatic carbocycles. The summed E-state index contributed by atoms with van der Waals surface area (Å²) in [5.41, 5.74) is 5.54. The molecule has 4 nitrogen and oxygen atoms in total. The van der Waals surface area contributed by atoms with E-state index in [2.05, 4.69) is 0 Å². The summed E-state index contributed by atoms with van der Waals surface area (Å²) in [5.74, 6) is 0. The van der Waals surface area contributed by atoms with E-state index in [1.54, 1.807) is 0 Å². The molecule has 0 bridgehead atoms. The van der Waals surface area contributed by atoms with Crippen LogP contribution in [-0.4, -0.2) is 44.9 Å². The minimum atomic E-state index is -1.35. The van der Waals surface area contributed by atoms with E-state index >= 15 is 0 Å². The first-order chi connectivity index (χ1) is 7.56. The normalized spacial score (nSPS) is 17.1. The van der Waals surface area contributed by atoms with Crippen molar-refractivity contribution in [2.75, 3.05) is 26.4 Å². The van der Waals surface area contributed by atoms with E-state index < -0.39 is 6.36 Å². The Hall–Kier alpha value is -0.230. The van der Waals surface area contributed by atoms with Crippen molar-refractivity contribution in [3.63, 3.8) is 0 Å². The third-order valence-electron chi connectivity index (χ3n) is 1.92. The molecular weight excluding hydrogens is 213 g/mol. The molecule has 0 fully saturated rings. The fraction of sp³-hybridized carbons (Fsp3) is 1.00. The van der Waals surface area contributed by atoms with Gasteiger partial charge in [0.15, 0.2) is 0 Å². The molecule has 0 saturated carbocycles. The van der Waals surface area contributed by atoms with Crippen LogP contribution in [0.1, 0.15) is 27.2 Å². The van der Waals surface area contributed by atoms with Crippen LogP contribution in [0.25, 0.3) is 0 Å². The average molecular weight is 237 g/mol. The highest BCUT2D eigenvalue weighted by atomic mass is 19.1. The van der Waals surface area contributed by atoms with E-state index in [0.29, 0.717) is 26.2 Å². The van der Waals surface area contributed by atoms with E-state index in [4.69, 9.17) is 19.9 Å². The molecule has 0 saturated heterocycles. The average Bonchev–Trinajstić information content (AvgIpc) is 2.23. The molecule has 0 aromatic heterocycles. The second-order valence-electron chi connectivity index (χ2n) is 3.85. The first-order valence-electron chi connectivity index (χ1n) is 5.76. The highest BCUT2D eigenvalue weighted by Crippen LogP contribution is 2.02. The van der Waals surface area contributed by atoms with Gasteiger partial charge in [-0.05, 0) is 27.2 Å². The van der Waals surface area contributed by atoms with E-state index in [1.807, 2.05) is 20.8 Å². The van der Waals surface area contributed by atoms with Crippen LogP contribution in [0.15, 0.2) is 0 Å². The minimum absolute atomic E-state index is 0.00836. The molecule has 0 rings (SSSR count). The van der Waals surface area contributed by atoms with E-state index in [1.165, 1.54) is 0 Å². The second-order valence-corrected chi connectivity index (χ2v) is 3.85. The lowest BCUT2D eigenvalue weighted by atomic mass is 10.3. The zero-order chi connectivity index (χ0) is 12.4. The lowest BCUT2D eigenvalue weighted by Gasteiger charge is -2.15. The molecular formula is C11H24FNO3. The Morgan fingerprint density at radius 3 is 2.44 bits per heavy atom. The number of halogens is 1. The molecule has 3 atom stereocenters. The van der Waals surface area contributed by atoms with Crippen molar-refractivity contribution in [2.24, 2.45) is 5.73 Å². The smallest absolute Gasteiger partial charge is 0.222 e. The number of hydrogen-bond acceptors (Lipinski definition) is 4. The summed E-state index contributed by atoms with van der Waals surface area (Å²) >= 11 is 0. The summed E-state index contributed by atoms with van der Waals surface area (Å²) < 4.78 is 28.2. The number of nitrogens with two attached hydrogens (primary N) is 1. The fourth-order valence-corrected chi connectivity index (χ4v) is 1.02. The van der Waals surface area contributed by atoms with Gasteiger partial charge in [-0.3, -0.25) is 0 Å². The van der Waals surface area contributed by atoms with E-state index in [-0.39, 0.29) is 18.8 Å². The monoisotopic (exact) mass is 237 g/mol. The Labute approximate surface area is 97.2 Å². The largest absolute Gasteiger partial charge is 0.377 e. The summed E-state index contributed by atoms with van der Waals surface area (Å²) in [4.78, 5) is 0. The third-order valence-corrected chi connectivity index (χ3v) is 1.92. The van der Waals surface area contributed by atoms with Crippen molar-refractivity contribution in [3.8, 4) is 0 Å². The maximum absolute atomic E-state index is 12.9. The SMILES string of the molecule is CCOCC(F)OCCC(C)OCC(C)N. The number of ether oxygens (including phenoxy) is 3. The predicted molar refractivity (Wildman–Crippen MR) is 61.0 cm³/mol. The topological polar surface area (TPSA) is 53.7 Å². The van der Waals surface area contributed by atoms with Gasteiger partial charge in [-0.15, -0.1) is 0 Å². The van der Waals surface area contributed by atoms with Crippen LogP contribution in [0.2, 0.25) is 0 Å². The van der Waals surface area contributed by atoms with Crippen LogP contribution in [-0.2, 0) is 14.2 Å². The molecule has 3 unspecified atom stereocenters. The Morgan fingerprint density at radius 1 is 1.19 bits per heavy atom. The van der Waals surface area contributed by atoms with Gasteiger partial charge < -0.3 is 19.9 Å². The van der Waals surface area contributed by atoms with Gasteiger partial charge >= 0.3 is 0 Å². The van der Waals surface area contributed by atoms with Crippen LogP contribution >= 0.6 is 0 Å². The van der Waals surface area contributed by atoms with Crippen molar-refractivity contribution in [2.45, 2.75) is 45.7 Å². The van der Waals surface area contributed by atoms with Crippen molar-refractivity contribution >= 4 is 0 Å². The van der Waals surface area contributed by atoms with Crippen LogP contribution in [0, 0.1) is 0 Å². The van der Waals surface area contributed by atoms with Gasteiger partial charge in [0.2, 0.25) is 6.36 Å². The van der Waals surface area contributed by atoms with Crippen molar-refractivity contribution in [1.29, 1.82) is 0 Å². The summed E-state index contributed by atoms with van der Waals surface area (Å²) in [5, 5.41) is 0. The molecule has 5 heteroatoms. The quantitative estimate of drug-likeness (QED) is 0.625. The van der Waals surface area contributed by atoms with Gasteiger partial charge in [-0.1, -0.05) is 0 Å².